The lowest BCUT2D eigenvalue weighted by Crippen LogP contribution is -2.39. The predicted molar refractivity (Wildman–Crippen MR) is 79.2 cm³/mol. The van der Waals surface area contributed by atoms with E-state index in [-0.39, 0.29) is 6.61 Å². The smallest absolute Gasteiger partial charge is 0.460 e. The topological polar surface area (TPSA) is 80.7 Å². The fraction of sp³-hybridized carbons (Fsp3) is 0.929. The zero-order valence-corrected chi connectivity index (χ0v) is 14.0. The van der Waals surface area contributed by atoms with Gasteiger partial charge in [0.15, 0.2) is 0 Å². The van der Waals surface area contributed by atoms with Crippen LogP contribution in [0.2, 0.25) is 0 Å². The normalized spacial score (nSPS) is 12.6. The van der Waals surface area contributed by atoms with Gasteiger partial charge >= 0.3 is 21.3 Å². The lowest BCUT2D eigenvalue weighted by Gasteiger charge is -2.11. The monoisotopic (exact) mass is 344 g/mol. The van der Waals surface area contributed by atoms with Gasteiger partial charge < -0.3 is 4.74 Å². The lowest BCUT2D eigenvalue weighted by molar-refractivity contribution is -0.161. The van der Waals surface area contributed by atoms with Crippen molar-refractivity contribution in [1.82, 2.24) is 0 Å². The van der Waals surface area contributed by atoms with Crippen molar-refractivity contribution in [3.8, 4) is 0 Å². The minimum absolute atomic E-state index is 0.280. The van der Waals surface area contributed by atoms with Gasteiger partial charge in [0.1, 0.15) is 0 Å². The first-order valence-electron chi connectivity index (χ1n) is 7.61. The highest BCUT2D eigenvalue weighted by Crippen LogP contribution is 2.22. The lowest BCUT2D eigenvalue weighted by atomic mass is 10.0. The van der Waals surface area contributed by atoms with Crippen LogP contribution in [0.4, 0.5) is 8.78 Å². The Kier molecular flexibility index (Phi) is 9.75. The number of rotatable bonds is 12. The molecule has 0 fully saturated rings. The molecule has 0 saturated heterocycles. The van der Waals surface area contributed by atoms with Crippen LogP contribution in [0.3, 0.4) is 0 Å². The highest BCUT2D eigenvalue weighted by Gasteiger charge is 2.54. The standard InChI is InChI=1S/C14H26F2O5S/c1-12(2)10-8-6-4-3-5-7-9-11-21-13(17)14(15,16)22(18,19)20/h12H,3-11H2,1-2H3,(H,18,19,20). The van der Waals surface area contributed by atoms with Crippen molar-refractivity contribution in [2.45, 2.75) is 70.5 Å². The molecule has 0 amide bonds. The maximum absolute atomic E-state index is 12.8. The zero-order chi connectivity index (χ0) is 17.2. The molecule has 132 valence electrons. The minimum Gasteiger partial charge on any atom is -0.460 e. The van der Waals surface area contributed by atoms with Crippen LogP contribution in [-0.2, 0) is 19.6 Å². The summed E-state index contributed by atoms with van der Waals surface area (Å²) in [4.78, 5) is 10.9. The summed E-state index contributed by atoms with van der Waals surface area (Å²) in [6, 6.07) is 0. The Labute approximate surface area is 131 Å². The van der Waals surface area contributed by atoms with Gasteiger partial charge in [0.25, 0.3) is 0 Å². The molecule has 0 aromatic heterocycles. The van der Waals surface area contributed by atoms with Crippen LogP contribution >= 0.6 is 0 Å². The molecule has 0 aromatic carbocycles. The zero-order valence-electron chi connectivity index (χ0n) is 13.2. The van der Waals surface area contributed by atoms with Gasteiger partial charge in [-0.05, 0) is 12.3 Å². The molecule has 0 saturated carbocycles. The summed E-state index contributed by atoms with van der Waals surface area (Å²) in [6.45, 7) is 4.09. The number of carbonyl (C=O) groups excluding carboxylic acids is 1. The molecular weight excluding hydrogens is 318 g/mol. The summed E-state index contributed by atoms with van der Waals surface area (Å²) in [5, 5.41) is -4.90. The molecule has 5 nitrogen and oxygen atoms in total. The molecule has 0 rings (SSSR count). The molecule has 0 radical (unpaired) electrons. The Morgan fingerprint density at radius 3 is 1.95 bits per heavy atom. The summed E-state index contributed by atoms with van der Waals surface area (Å²) in [5.41, 5.74) is 0. The second kappa shape index (κ2) is 10.1. The van der Waals surface area contributed by atoms with E-state index in [4.69, 9.17) is 4.55 Å². The highest BCUT2D eigenvalue weighted by atomic mass is 32.2. The van der Waals surface area contributed by atoms with Gasteiger partial charge in [0.2, 0.25) is 0 Å². The summed E-state index contributed by atoms with van der Waals surface area (Å²) in [5.74, 6) is -1.51. The van der Waals surface area contributed by atoms with Crippen molar-refractivity contribution in [3.05, 3.63) is 0 Å². The van der Waals surface area contributed by atoms with Gasteiger partial charge in [-0.3, -0.25) is 4.55 Å². The summed E-state index contributed by atoms with van der Waals surface area (Å²) >= 11 is 0. The van der Waals surface area contributed by atoms with E-state index < -0.39 is 21.3 Å². The number of carbonyl (C=O) groups is 1. The van der Waals surface area contributed by atoms with Crippen LogP contribution in [0.25, 0.3) is 0 Å². The Hall–Kier alpha value is -0.760. The second-order valence-corrected chi connectivity index (χ2v) is 7.25. The summed E-state index contributed by atoms with van der Waals surface area (Å²) in [7, 11) is -5.78. The summed E-state index contributed by atoms with van der Waals surface area (Å²) < 4.78 is 58.6. The van der Waals surface area contributed by atoms with Crippen molar-refractivity contribution < 1.29 is 31.3 Å². The van der Waals surface area contributed by atoms with E-state index in [2.05, 4.69) is 18.6 Å². The Balaban J connectivity index is 3.60. The molecular formula is C14H26F2O5S. The Morgan fingerprint density at radius 2 is 1.50 bits per heavy atom. The number of ether oxygens (including phenoxy) is 1. The van der Waals surface area contributed by atoms with E-state index >= 15 is 0 Å². The van der Waals surface area contributed by atoms with Crippen molar-refractivity contribution in [1.29, 1.82) is 0 Å². The average molecular weight is 344 g/mol. The van der Waals surface area contributed by atoms with Crippen LogP contribution < -0.4 is 0 Å². The molecule has 8 heteroatoms. The molecule has 0 bridgehead atoms. The van der Waals surface area contributed by atoms with Crippen LogP contribution in [-0.4, -0.2) is 30.8 Å². The first-order chi connectivity index (χ1) is 10.1. The SMILES string of the molecule is CC(C)CCCCCCCCCOC(=O)C(F)(F)S(=O)(=O)O. The highest BCUT2D eigenvalue weighted by molar-refractivity contribution is 7.87. The largest absolute Gasteiger partial charge is 0.465 e. The fourth-order valence-corrected chi connectivity index (χ4v) is 2.16. The van der Waals surface area contributed by atoms with Gasteiger partial charge in [-0.1, -0.05) is 58.8 Å². The third-order valence-electron chi connectivity index (χ3n) is 3.22. The number of hydrogen-bond donors (Lipinski definition) is 1. The summed E-state index contributed by atoms with van der Waals surface area (Å²) in [6.07, 6.45) is 7.77. The second-order valence-electron chi connectivity index (χ2n) is 5.79. The van der Waals surface area contributed by atoms with Gasteiger partial charge in [0, 0.05) is 0 Å². The average Bonchev–Trinajstić information content (AvgIpc) is 2.38. The third kappa shape index (κ3) is 8.63. The van der Waals surface area contributed by atoms with E-state index in [1.807, 2.05) is 0 Å². The van der Waals surface area contributed by atoms with E-state index in [1.165, 1.54) is 19.3 Å². The van der Waals surface area contributed by atoms with E-state index in [0.29, 0.717) is 6.42 Å². The van der Waals surface area contributed by atoms with Crippen LogP contribution in [0.1, 0.15) is 65.2 Å². The minimum atomic E-state index is -5.78. The van der Waals surface area contributed by atoms with E-state index in [9.17, 15) is 22.0 Å². The van der Waals surface area contributed by atoms with Crippen molar-refractivity contribution in [2.75, 3.05) is 6.61 Å². The van der Waals surface area contributed by atoms with Gasteiger partial charge in [0.05, 0.1) is 6.61 Å². The van der Waals surface area contributed by atoms with E-state index in [0.717, 1.165) is 31.6 Å². The number of esters is 1. The van der Waals surface area contributed by atoms with Crippen LogP contribution in [0, 0.1) is 5.92 Å². The molecule has 0 aliphatic heterocycles. The molecule has 22 heavy (non-hydrogen) atoms. The molecule has 0 aromatic rings. The fourth-order valence-electron chi connectivity index (χ4n) is 1.89. The van der Waals surface area contributed by atoms with Gasteiger partial charge in [-0.15, -0.1) is 0 Å². The quantitative estimate of drug-likeness (QED) is 0.331. The third-order valence-corrected chi connectivity index (χ3v) is 4.04. The molecule has 0 aliphatic rings. The Bertz CT molecular complexity index is 421. The maximum atomic E-state index is 12.8. The maximum Gasteiger partial charge on any atom is 0.465 e. The van der Waals surface area contributed by atoms with Crippen LogP contribution in [0.15, 0.2) is 0 Å². The molecule has 0 heterocycles. The first kappa shape index (κ1) is 21.2. The predicted octanol–water partition coefficient (Wildman–Crippen LogP) is 3.79. The van der Waals surface area contributed by atoms with Crippen molar-refractivity contribution in [3.63, 3.8) is 0 Å². The number of alkyl halides is 2. The first-order valence-corrected chi connectivity index (χ1v) is 9.05. The molecule has 0 unspecified atom stereocenters. The number of hydrogen-bond acceptors (Lipinski definition) is 4. The molecule has 0 aliphatic carbocycles. The van der Waals surface area contributed by atoms with E-state index in [1.54, 1.807) is 0 Å². The Morgan fingerprint density at radius 1 is 1.05 bits per heavy atom. The number of halogens is 2. The molecule has 0 spiro atoms. The van der Waals surface area contributed by atoms with Crippen LogP contribution in [0.5, 0.6) is 0 Å². The van der Waals surface area contributed by atoms with Crippen molar-refractivity contribution >= 4 is 16.1 Å². The molecule has 0 atom stereocenters. The van der Waals surface area contributed by atoms with Gasteiger partial charge in [-0.2, -0.15) is 17.2 Å². The van der Waals surface area contributed by atoms with Gasteiger partial charge in [-0.25, -0.2) is 4.79 Å². The molecule has 1 N–H and O–H groups in total. The van der Waals surface area contributed by atoms with Crippen molar-refractivity contribution in [2.24, 2.45) is 5.92 Å². The number of unbranched alkanes of at least 4 members (excludes halogenated alkanes) is 6.